The third-order valence-electron chi connectivity index (χ3n) is 4.29. The average Bonchev–Trinajstić information content (AvgIpc) is 3.15. The van der Waals surface area contributed by atoms with Gasteiger partial charge in [-0.3, -0.25) is 4.79 Å². The van der Waals surface area contributed by atoms with Crippen LogP contribution in [0.5, 0.6) is 0 Å². The van der Waals surface area contributed by atoms with Crippen LogP contribution in [0.15, 0.2) is 48.5 Å². The van der Waals surface area contributed by atoms with Gasteiger partial charge in [-0.05, 0) is 48.2 Å². The smallest absolute Gasteiger partial charge is 0.230 e. The van der Waals surface area contributed by atoms with Crippen LogP contribution in [-0.2, 0) is 17.1 Å². The SMILES string of the molecule is O=C(CSCc1cccc(Cl)c1)NCc1ccc(N2CCCC2)cc1. The van der Waals surface area contributed by atoms with Gasteiger partial charge in [0.15, 0.2) is 0 Å². The molecule has 5 heteroatoms. The summed E-state index contributed by atoms with van der Waals surface area (Å²) in [4.78, 5) is 14.4. The number of thioether (sulfide) groups is 1. The van der Waals surface area contributed by atoms with Gasteiger partial charge >= 0.3 is 0 Å². The van der Waals surface area contributed by atoms with E-state index >= 15 is 0 Å². The first-order valence-corrected chi connectivity index (χ1v) is 10.2. The van der Waals surface area contributed by atoms with Gasteiger partial charge < -0.3 is 10.2 Å². The van der Waals surface area contributed by atoms with Gasteiger partial charge in [0.25, 0.3) is 0 Å². The lowest BCUT2D eigenvalue weighted by molar-refractivity contribution is -0.118. The summed E-state index contributed by atoms with van der Waals surface area (Å²) in [5, 5.41) is 3.72. The average molecular weight is 375 g/mol. The Morgan fingerprint density at radius 2 is 1.84 bits per heavy atom. The summed E-state index contributed by atoms with van der Waals surface area (Å²) in [5.74, 6) is 1.31. The number of nitrogens with zero attached hydrogens (tertiary/aromatic N) is 1. The maximum atomic E-state index is 12.0. The molecule has 1 aliphatic heterocycles. The number of hydrogen-bond acceptors (Lipinski definition) is 3. The van der Waals surface area contributed by atoms with E-state index in [0.717, 1.165) is 35.0 Å². The molecule has 3 rings (SSSR count). The van der Waals surface area contributed by atoms with Gasteiger partial charge in [0.05, 0.1) is 5.75 Å². The normalized spacial score (nSPS) is 13.9. The van der Waals surface area contributed by atoms with E-state index in [-0.39, 0.29) is 5.91 Å². The van der Waals surface area contributed by atoms with Gasteiger partial charge in [-0.25, -0.2) is 0 Å². The second-order valence-corrected chi connectivity index (χ2v) is 7.68. The largest absolute Gasteiger partial charge is 0.372 e. The number of amides is 1. The third-order valence-corrected chi connectivity index (χ3v) is 5.53. The molecule has 1 N–H and O–H groups in total. The molecule has 0 saturated carbocycles. The first-order valence-electron chi connectivity index (χ1n) is 8.63. The fourth-order valence-electron chi connectivity index (χ4n) is 2.94. The van der Waals surface area contributed by atoms with E-state index in [4.69, 9.17) is 11.6 Å². The number of anilines is 1. The van der Waals surface area contributed by atoms with E-state index < -0.39 is 0 Å². The van der Waals surface area contributed by atoms with Crippen molar-refractivity contribution in [3.63, 3.8) is 0 Å². The van der Waals surface area contributed by atoms with Crippen molar-refractivity contribution >= 4 is 35.0 Å². The van der Waals surface area contributed by atoms with Crippen LogP contribution in [-0.4, -0.2) is 24.7 Å². The number of hydrogen-bond donors (Lipinski definition) is 1. The van der Waals surface area contributed by atoms with E-state index in [1.807, 2.05) is 24.3 Å². The first-order chi connectivity index (χ1) is 12.2. The molecule has 0 radical (unpaired) electrons. The number of nitrogens with one attached hydrogen (secondary N) is 1. The molecule has 0 atom stereocenters. The molecule has 1 amide bonds. The van der Waals surface area contributed by atoms with Gasteiger partial charge in [0.2, 0.25) is 5.91 Å². The Bertz CT molecular complexity index is 699. The van der Waals surface area contributed by atoms with Crippen LogP contribution in [0.2, 0.25) is 5.02 Å². The molecule has 0 spiro atoms. The van der Waals surface area contributed by atoms with Crippen molar-refractivity contribution in [1.82, 2.24) is 5.32 Å². The van der Waals surface area contributed by atoms with Crippen LogP contribution in [0.4, 0.5) is 5.69 Å². The van der Waals surface area contributed by atoms with E-state index in [2.05, 4.69) is 34.5 Å². The zero-order valence-corrected chi connectivity index (χ0v) is 15.8. The Hall–Kier alpha value is -1.65. The summed E-state index contributed by atoms with van der Waals surface area (Å²) in [7, 11) is 0. The highest BCUT2D eigenvalue weighted by molar-refractivity contribution is 7.99. The lowest BCUT2D eigenvalue weighted by atomic mass is 10.2. The molecule has 25 heavy (non-hydrogen) atoms. The molecule has 3 nitrogen and oxygen atoms in total. The highest BCUT2D eigenvalue weighted by Gasteiger charge is 2.11. The molecule has 0 bridgehead atoms. The Balaban J connectivity index is 1.38. The van der Waals surface area contributed by atoms with E-state index in [1.165, 1.54) is 18.5 Å². The fourth-order valence-corrected chi connectivity index (χ4v) is 3.96. The molecule has 1 heterocycles. The lowest BCUT2D eigenvalue weighted by Gasteiger charge is -2.17. The van der Waals surface area contributed by atoms with Crippen LogP contribution in [0.1, 0.15) is 24.0 Å². The molecule has 0 aromatic heterocycles. The Morgan fingerprint density at radius 1 is 1.08 bits per heavy atom. The van der Waals surface area contributed by atoms with Crippen molar-refractivity contribution in [2.75, 3.05) is 23.7 Å². The van der Waals surface area contributed by atoms with Crippen molar-refractivity contribution in [3.8, 4) is 0 Å². The third kappa shape index (κ3) is 5.68. The Kier molecular flexibility index (Phi) is 6.65. The number of carbonyl (C=O) groups is 1. The Labute approximate surface area is 158 Å². The van der Waals surface area contributed by atoms with Crippen LogP contribution in [0.25, 0.3) is 0 Å². The molecule has 0 unspecified atom stereocenters. The minimum absolute atomic E-state index is 0.0654. The monoisotopic (exact) mass is 374 g/mol. The van der Waals surface area contributed by atoms with Crippen LogP contribution in [0, 0.1) is 0 Å². The van der Waals surface area contributed by atoms with Gasteiger partial charge in [0, 0.05) is 36.1 Å². The summed E-state index contributed by atoms with van der Waals surface area (Å²) >= 11 is 7.57. The highest BCUT2D eigenvalue weighted by atomic mass is 35.5. The predicted octanol–water partition coefficient (Wildman–Crippen LogP) is 4.49. The van der Waals surface area contributed by atoms with Gasteiger partial charge in [-0.15, -0.1) is 11.8 Å². The topological polar surface area (TPSA) is 32.3 Å². The quantitative estimate of drug-likeness (QED) is 0.774. The summed E-state index contributed by atoms with van der Waals surface area (Å²) in [6.45, 7) is 2.89. The van der Waals surface area contributed by atoms with Crippen molar-refractivity contribution in [1.29, 1.82) is 0 Å². The molecule has 2 aromatic rings. The Morgan fingerprint density at radius 3 is 2.56 bits per heavy atom. The van der Waals surface area contributed by atoms with E-state index in [0.29, 0.717) is 12.3 Å². The summed E-state index contributed by atoms with van der Waals surface area (Å²) < 4.78 is 0. The summed E-state index contributed by atoms with van der Waals surface area (Å²) in [6, 6.07) is 16.3. The lowest BCUT2D eigenvalue weighted by Crippen LogP contribution is -2.24. The zero-order valence-electron chi connectivity index (χ0n) is 14.2. The van der Waals surface area contributed by atoms with E-state index in [9.17, 15) is 4.79 Å². The van der Waals surface area contributed by atoms with E-state index in [1.54, 1.807) is 11.8 Å². The van der Waals surface area contributed by atoms with Crippen LogP contribution < -0.4 is 10.2 Å². The first kappa shape index (κ1) is 18.2. The minimum atomic E-state index is 0.0654. The molecule has 1 saturated heterocycles. The molecule has 1 aliphatic rings. The zero-order chi connectivity index (χ0) is 17.5. The minimum Gasteiger partial charge on any atom is -0.372 e. The predicted molar refractivity (Wildman–Crippen MR) is 107 cm³/mol. The molecule has 132 valence electrons. The van der Waals surface area contributed by atoms with Gasteiger partial charge in [-0.1, -0.05) is 35.9 Å². The molecule has 0 aliphatic carbocycles. The van der Waals surface area contributed by atoms with Crippen LogP contribution >= 0.6 is 23.4 Å². The van der Waals surface area contributed by atoms with Gasteiger partial charge in [-0.2, -0.15) is 0 Å². The standard InChI is InChI=1S/C20H23ClN2OS/c21-18-5-3-4-17(12-18)14-25-15-20(24)22-13-16-6-8-19(9-7-16)23-10-1-2-11-23/h3-9,12H,1-2,10-11,13-15H2,(H,22,24). The fraction of sp³-hybridized carbons (Fsp3) is 0.350. The van der Waals surface area contributed by atoms with Crippen molar-refractivity contribution in [3.05, 3.63) is 64.7 Å². The maximum Gasteiger partial charge on any atom is 0.230 e. The molecular formula is C20H23ClN2OS. The second-order valence-electron chi connectivity index (χ2n) is 6.26. The molecular weight excluding hydrogens is 352 g/mol. The number of halogens is 1. The highest BCUT2D eigenvalue weighted by Crippen LogP contribution is 2.20. The second kappa shape index (κ2) is 9.16. The van der Waals surface area contributed by atoms with Crippen LogP contribution in [0.3, 0.4) is 0 Å². The maximum absolute atomic E-state index is 12.0. The number of rotatable bonds is 7. The van der Waals surface area contributed by atoms with Crippen molar-refractivity contribution < 1.29 is 4.79 Å². The molecule has 2 aromatic carbocycles. The van der Waals surface area contributed by atoms with Crippen molar-refractivity contribution in [2.24, 2.45) is 0 Å². The van der Waals surface area contributed by atoms with Crippen molar-refractivity contribution in [2.45, 2.75) is 25.1 Å². The number of benzene rings is 2. The summed E-state index contributed by atoms with van der Waals surface area (Å²) in [5.41, 5.74) is 3.56. The number of carbonyl (C=O) groups excluding carboxylic acids is 1. The summed E-state index contributed by atoms with van der Waals surface area (Å²) in [6.07, 6.45) is 2.56. The molecule has 1 fully saturated rings. The van der Waals surface area contributed by atoms with Gasteiger partial charge in [0.1, 0.15) is 0 Å².